The summed E-state index contributed by atoms with van der Waals surface area (Å²) in [6.45, 7) is 3.53. The number of carbonyl (C=O) groups excluding carboxylic acids is 2. The number of carbonyl (C=O) groups is 2. The standard InChI is InChI=1S/C11H12ClNO4.ClH/c1-3-16-11(15)17-10(14)8-4-7(2)9(5-12)13-6-8;/h4,6H,3,5H2,1-2H3;1H. The minimum atomic E-state index is -1.02. The molecule has 0 radical (unpaired) electrons. The number of hydrogen-bond donors (Lipinski definition) is 0. The maximum Gasteiger partial charge on any atom is 0.516 e. The van der Waals surface area contributed by atoms with Crippen molar-refractivity contribution in [2.24, 2.45) is 0 Å². The molecule has 1 rings (SSSR count). The first-order valence-corrected chi connectivity index (χ1v) is 5.52. The number of aryl methyl sites for hydroxylation is 1. The number of esters is 1. The number of hydrogen-bond acceptors (Lipinski definition) is 5. The lowest BCUT2D eigenvalue weighted by Crippen LogP contribution is -2.14. The van der Waals surface area contributed by atoms with Crippen molar-refractivity contribution in [3.05, 3.63) is 29.1 Å². The molecule has 0 amide bonds. The molecule has 1 aromatic heterocycles. The minimum Gasteiger partial charge on any atom is -0.434 e. The van der Waals surface area contributed by atoms with E-state index in [4.69, 9.17) is 11.6 Å². The van der Waals surface area contributed by atoms with Crippen molar-refractivity contribution in [3.8, 4) is 0 Å². The Labute approximate surface area is 116 Å². The lowest BCUT2D eigenvalue weighted by atomic mass is 10.2. The van der Waals surface area contributed by atoms with Gasteiger partial charge in [0.1, 0.15) is 0 Å². The summed E-state index contributed by atoms with van der Waals surface area (Å²) in [5.74, 6) is -0.529. The summed E-state index contributed by atoms with van der Waals surface area (Å²) in [6, 6.07) is 1.56. The summed E-state index contributed by atoms with van der Waals surface area (Å²) < 4.78 is 8.92. The van der Waals surface area contributed by atoms with E-state index in [2.05, 4.69) is 14.5 Å². The van der Waals surface area contributed by atoms with E-state index in [1.54, 1.807) is 19.9 Å². The SMILES string of the molecule is CCOC(=O)OC(=O)c1cnc(CCl)c(C)c1.Cl. The molecule has 18 heavy (non-hydrogen) atoms. The normalized spacial score (nSPS) is 9.28. The fourth-order valence-corrected chi connectivity index (χ4v) is 1.42. The maximum atomic E-state index is 11.5. The average Bonchev–Trinajstić information content (AvgIpc) is 2.29. The van der Waals surface area contributed by atoms with Crippen LogP contribution >= 0.6 is 24.0 Å². The first kappa shape index (κ1) is 16.7. The Morgan fingerprint density at radius 2 is 2.11 bits per heavy atom. The van der Waals surface area contributed by atoms with Crippen LogP contribution in [0.5, 0.6) is 0 Å². The molecule has 1 heterocycles. The molecule has 0 saturated carbocycles. The molecule has 0 aliphatic rings. The second-order valence-corrected chi connectivity index (χ2v) is 3.46. The molecule has 0 saturated heterocycles. The molecule has 0 fully saturated rings. The third kappa shape index (κ3) is 4.50. The van der Waals surface area contributed by atoms with E-state index in [1.165, 1.54) is 6.20 Å². The number of nitrogens with zero attached hydrogens (tertiary/aromatic N) is 1. The number of halogens is 2. The van der Waals surface area contributed by atoms with Crippen LogP contribution in [0.3, 0.4) is 0 Å². The zero-order valence-electron chi connectivity index (χ0n) is 9.94. The summed E-state index contributed by atoms with van der Waals surface area (Å²) in [6.07, 6.45) is 0.295. The number of aromatic nitrogens is 1. The second-order valence-electron chi connectivity index (χ2n) is 3.19. The van der Waals surface area contributed by atoms with Gasteiger partial charge in [-0.05, 0) is 25.5 Å². The third-order valence-corrected chi connectivity index (χ3v) is 2.24. The Balaban J connectivity index is 0.00000289. The molecule has 5 nitrogen and oxygen atoms in total. The summed E-state index contributed by atoms with van der Waals surface area (Å²) >= 11 is 5.64. The van der Waals surface area contributed by atoms with Crippen molar-refractivity contribution >= 4 is 36.1 Å². The summed E-state index contributed by atoms with van der Waals surface area (Å²) in [7, 11) is 0. The molecule has 0 aliphatic carbocycles. The smallest absolute Gasteiger partial charge is 0.434 e. The highest BCUT2D eigenvalue weighted by atomic mass is 35.5. The molecule has 0 aromatic carbocycles. The van der Waals surface area contributed by atoms with E-state index in [0.29, 0.717) is 5.69 Å². The Hall–Kier alpha value is -1.33. The van der Waals surface area contributed by atoms with Gasteiger partial charge in [-0.2, -0.15) is 0 Å². The van der Waals surface area contributed by atoms with Crippen LogP contribution in [-0.2, 0) is 15.4 Å². The largest absolute Gasteiger partial charge is 0.516 e. The van der Waals surface area contributed by atoms with Crippen LogP contribution in [0.2, 0.25) is 0 Å². The van der Waals surface area contributed by atoms with E-state index in [1.807, 2.05) is 0 Å². The molecule has 0 N–H and O–H groups in total. The van der Waals surface area contributed by atoms with Crippen LogP contribution in [0.1, 0.15) is 28.5 Å². The van der Waals surface area contributed by atoms with E-state index in [9.17, 15) is 9.59 Å². The number of alkyl halides is 1. The molecule has 0 spiro atoms. The monoisotopic (exact) mass is 293 g/mol. The predicted molar refractivity (Wildman–Crippen MR) is 68.2 cm³/mol. The van der Waals surface area contributed by atoms with Crippen LogP contribution in [0.25, 0.3) is 0 Å². The van der Waals surface area contributed by atoms with Crippen LogP contribution in [0.4, 0.5) is 4.79 Å². The van der Waals surface area contributed by atoms with E-state index >= 15 is 0 Å². The lowest BCUT2D eigenvalue weighted by Gasteiger charge is -2.05. The molecule has 1 aromatic rings. The van der Waals surface area contributed by atoms with Gasteiger partial charge in [0, 0.05) is 6.20 Å². The quantitative estimate of drug-likeness (QED) is 0.487. The topological polar surface area (TPSA) is 65.5 Å². The fraction of sp³-hybridized carbons (Fsp3) is 0.364. The van der Waals surface area contributed by atoms with Gasteiger partial charge in [-0.3, -0.25) is 4.98 Å². The van der Waals surface area contributed by atoms with Crippen molar-refractivity contribution in [3.63, 3.8) is 0 Å². The van der Waals surface area contributed by atoms with Crippen LogP contribution < -0.4 is 0 Å². The zero-order chi connectivity index (χ0) is 12.8. The molecule has 0 bridgehead atoms. The first-order chi connectivity index (χ1) is 8.08. The van der Waals surface area contributed by atoms with Gasteiger partial charge in [-0.25, -0.2) is 9.59 Å². The molecule has 0 atom stereocenters. The van der Waals surface area contributed by atoms with Gasteiger partial charge < -0.3 is 9.47 Å². The average molecular weight is 294 g/mol. The molecule has 0 unspecified atom stereocenters. The Morgan fingerprint density at radius 3 is 2.61 bits per heavy atom. The van der Waals surface area contributed by atoms with E-state index < -0.39 is 12.1 Å². The van der Waals surface area contributed by atoms with Crippen molar-refractivity contribution < 1.29 is 19.1 Å². The predicted octanol–water partition coefficient (Wildman–Crippen LogP) is 2.86. The van der Waals surface area contributed by atoms with Crippen LogP contribution in [0.15, 0.2) is 12.3 Å². The lowest BCUT2D eigenvalue weighted by molar-refractivity contribution is 0.0401. The highest BCUT2D eigenvalue weighted by Gasteiger charge is 2.15. The number of ether oxygens (including phenoxy) is 2. The summed E-state index contributed by atoms with van der Waals surface area (Å²) in [5.41, 5.74) is 1.63. The molecule has 7 heteroatoms. The van der Waals surface area contributed by atoms with Crippen molar-refractivity contribution in [2.75, 3.05) is 6.61 Å². The highest BCUT2D eigenvalue weighted by molar-refractivity contribution is 6.17. The van der Waals surface area contributed by atoms with Gasteiger partial charge >= 0.3 is 12.1 Å². The fourth-order valence-electron chi connectivity index (χ4n) is 1.14. The Kier molecular flexibility index (Phi) is 7.31. The van der Waals surface area contributed by atoms with Gasteiger partial charge in [-0.1, -0.05) is 0 Å². The molecule has 0 aliphatic heterocycles. The summed E-state index contributed by atoms with van der Waals surface area (Å²) in [5, 5.41) is 0. The first-order valence-electron chi connectivity index (χ1n) is 4.99. The number of pyridine rings is 1. The maximum absolute atomic E-state index is 11.5. The summed E-state index contributed by atoms with van der Waals surface area (Å²) in [4.78, 5) is 26.4. The van der Waals surface area contributed by atoms with Crippen LogP contribution in [-0.4, -0.2) is 23.7 Å². The van der Waals surface area contributed by atoms with E-state index in [-0.39, 0.29) is 30.5 Å². The van der Waals surface area contributed by atoms with Gasteiger partial charge in [0.05, 0.1) is 23.7 Å². The minimum absolute atomic E-state index is 0. The zero-order valence-corrected chi connectivity index (χ0v) is 11.5. The molecular weight excluding hydrogens is 281 g/mol. The van der Waals surface area contributed by atoms with Crippen molar-refractivity contribution in [1.29, 1.82) is 0 Å². The van der Waals surface area contributed by atoms with Crippen molar-refractivity contribution in [2.45, 2.75) is 19.7 Å². The van der Waals surface area contributed by atoms with Gasteiger partial charge in [0.25, 0.3) is 0 Å². The second kappa shape index (κ2) is 7.89. The molecule has 100 valence electrons. The van der Waals surface area contributed by atoms with Gasteiger partial charge in [0.15, 0.2) is 0 Å². The van der Waals surface area contributed by atoms with Gasteiger partial charge in [0.2, 0.25) is 0 Å². The van der Waals surface area contributed by atoms with Gasteiger partial charge in [-0.15, -0.1) is 24.0 Å². The molecular formula is C11H13Cl2NO4. The Bertz CT molecular complexity index is 437. The highest BCUT2D eigenvalue weighted by Crippen LogP contribution is 2.11. The Morgan fingerprint density at radius 1 is 1.44 bits per heavy atom. The van der Waals surface area contributed by atoms with Crippen molar-refractivity contribution in [1.82, 2.24) is 4.98 Å². The van der Waals surface area contributed by atoms with Crippen LogP contribution in [0, 0.1) is 6.92 Å². The van der Waals surface area contributed by atoms with E-state index in [0.717, 1.165) is 5.56 Å². The number of rotatable bonds is 3. The third-order valence-electron chi connectivity index (χ3n) is 1.99.